The van der Waals surface area contributed by atoms with E-state index in [0.717, 1.165) is 4.90 Å². The first-order valence-electron chi connectivity index (χ1n) is 7.09. The molecule has 0 unspecified atom stereocenters. The topological polar surface area (TPSA) is 104 Å². The first kappa shape index (κ1) is 19.1. The van der Waals surface area contributed by atoms with Gasteiger partial charge in [-0.1, -0.05) is 12.1 Å². The molecule has 0 aliphatic rings. The highest BCUT2D eigenvalue weighted by atomic mass is 32.2. The van der Waals surface area contributed by atoms with E-state index < -0.39 is 27.4 Å². The second-order valence-electron chi connectivity index (χ2n) is 5.65. The number of carboxylic acids is 1. The fraction of sp³-hybridized carbons (Fsp3) is 0.467. The molecule has 0 aromatic heterocycles. The van der Waals surface area contributed by atoms with Crippen molar-refractivity contribution < 1.29 is 23.1 Å². The van der Waals surface area contributed by atoms with Gasteiger partial charge in [-0.15, -0.1) is 0 Å². The summed E-state index contributed by atoms with van der Waals surface area (Å²) < 4.78 is 25.2. The number of hydrogen-bond acceptors (Lipinski definition) is 4. The summed E-state index contributed by atoms with van der Waals surface area (Å²) in [6.45, 7) is 4.58. The molecule has 128 valence electrons. The van der Waals surface area contributed by atoms with E-state index in [4.69, 9.17) is 5.11 Å². The van der Waals surface area contributed by atoms with Crippen molar-refractivity contribution in [1.82, 2.24) is 9.62 Å². The van der Waals surface area contributed by atoms with E-state index in [1.165, 1.54) is 20.9 Å². The number of likely N-dealkylation sites (N-methyl/N-ethyl adjacent to an activating group) is 1. The minimum absolute atomic E-state index is 0.00135. The molecule has 0 bridgehead atoms. The largest absolute Gasteiger partial charge is 0.480 e. The number of aliphatic carboxylic acids is 1. The Bertz CT molecular complexity index is 680. The van der Waals surface area contributed by atoms with Crippen molar-refractivity contribution in [2.24, 2.45) is 0 Å². The minimum Gasteiger partial charge on any atom is -0.480 e. The van der Waals surface area contributed by atoms with Crippen LogP contribution in [0.2, 0.25) is 0 Å². The smallest absolute Gasteiger partial charge is 0.329 e. The van der Waals surface area contributed by atoms with Crippen LogP contribution in [0, 0.1) is 0 Å². The van der Waals surface area contributed by atoms with Gasteiger partial charge in [-0.25, -0.2) is 17.9 Å². The van der Waals surface area contributed by atoms with Crippen LogP contribution in [0.4, 0.5) is 0 Å². The second-order valence-corrected chi connectivity index (χ2v) is 7.75. The summed E-state index contributed by atoms with van der Waals surface area (Å²) in [7, 11) is -1.85. The van der Waals surface area contributed by atoms with Gasteiger partial charge in [-0.3, -0.25) is 4.79 Å². The van der Waals surface area contributed by atoms with Gasteiger partial charge >= 0.3 is 5.97 Å². The third-order valence-electron chi connectivity index (χ3n) is 3.74. The summed E-state index contributed by atoms with van der Waals surface area (Å²) in [6, 6.07) is 6.36. The average molecular weight is 342 g/mol. The summed E-state index contributed by atoms with van der Waals surface area (Å²) in [6.07, 6.45) is 0. The maximum absolute atomic E-state index is 12.3. The number of sulfonamides is 1. The van der Waals surface area contributed by atoms with E-state index >= 15 is 0 Å². The molecule has 0 heterocycles. The zero-order valence-electron chi connectivity index (χ0n) is 13.7. The third-order valence-corrected chi connectivity index (χ3v) is 5.09. The summed E-state index contributed by atoms with van der Waals surface area (Å²) in [5.41, 5.74) is -0.283. The summed E-state index contributed by atoms with van der Waals surface area (Å²) in [4.78, 5) is 24.7. The van der Waals surface area contributed by atoms with Crippen LogP contribution in [0.1, 0.15) is 36.7 Å². The van der Waals surface area contributed by atoms with Crippen molar-refractivity contribution in [3.63, 3.8) is 0 Å². The fourth-order valence-corrected chi connectivity index (χ4v) is 2.24. The van der Waals surface area contributed by atoms with E-state index in [1.807, 2.05) is 0 Å². The summed E-state index contributed by atoms with van der Waals surface area (Å²) >= 11 is 0. The van der Waals surface area contributed by atoms with Gasteiger partial charge in [0.2, 0.25) is 10.0 Å². The molecule has 0 saturated carbocycles. The molecular formula is C15H22N2O5S. The molecule has 0 aliphatic carbocycles. The molecule has 1 rings (SSSR count). The molecule has 23 heavy (non-hydrogen) atoms. The van der Waals surface area contributed by atoms with Crippen LogP contribution in [0.25, 0.3) is 0 Å². The number of carbonyl (C=O) groups excluding carboxylic acids is 1. The fourth-order valence-electron chi connectivity index (χ4n) is 1.65. The first-order chi connectivity index (χ1) is 10.5. The molecule has 0 atom stereocenters. The van der Waals surface area contributed by atoms with Gasteiger partial charge in [0.1, 0.15) is 5.54 Å². The minimum atomic E-state index is -3.28. The van der Waals surface area contributed by atoms with Crippen molar-refractivity contribution in [3.8, 4) is 0 Å². The number of nitrogens with one attached hydrogen (secondary N) is 1. The molecule has 0 radical (unpaired) electrons. The summed E-state index contributed by atoms with van der Waals surface area (Å²) in [5, 5.41) is 9.16. The molecule has 2 N–H and O–H groups in total. The van der Waals surface area contributed by atoms with E-state index in [0.29, 0.717) is 11.1 Å². The lowest BCUT2D eigenvalue weighted by Gasteiger charge is -2.31. The molecule has 7 nitrogen and oxygen atoms in total. The van der Waals surface area contributed by atoms with Crippen molar-refractivity contribution in [2.45, 2.75) is 32.9 Å². The molecule has 0 spiro atoms. The summed E-state index contributed by atoms with van der Waals surface area (Å²) in [5.74, 6) is -1.52. The lowest BCUT2D eigenvalue weighted by Crippen LogP contribution is -2.50. The number of benzene rings is 1. The Morgan fingerprint density at radius 3 is 2.17 bits per heavy atom. The predicted molar refractivity (Wildman–Crippen MR) is 86.6 cm³/mol. The maximum Gasteiger partial charge on any atom is 0.329 e. The van der Waals surface area contributed by atoms with Crippen molar-refractivity contribution in [3.05, 3.63) is 35.4 Å². The van der Waals surface area contributed by atoms with E-state index in [2.05, 4.69) is 4.72 Å². The Kier molecular flexibility index (Phi) is 5.90. The second kappa shape index (κ2) is 7.10. The Morgan fingerprint density at radius 2 is 1.74 bits per heavy atom. The molecule has 8 heteroatoms. The standard InChI is InChI=1S/C15H22N2O5S/c1-5-23(21,22)16-10-11-6-8-12(9-7-11)13(18)17(4)15(2,3)14(19)20/h6-9,16H,5,10H2,1-4H3,(H,19,20). The van der Waals surface area contributed by atoms with Crippen molar-refractivity contribution >= 4 is 21.9 Å². The van der Waals surface area contributed by atoms with Gasteiger partial charge < -0.3 is 10.0 Å². The zero-order valence-corrected chi connectivity index (χ0v) is 14.5. The molecular weight excluding hydrogens is 320 g/mol. The number of amides is 1. The van der Waals surface area contributed by atoms with Crippen molar-refractivity contribution in [2.75, 3.05) is 12.8 Å². The lowest BCUT2D eigenvalue weighted by atomic mass is 10.0. The predicted octanol–water partition coefficient (Wildman–Crippen LogP) is 1.06. The number of nitrogens with zero attached hydrogens (tertiary/aromatic N) is 1. The SMILES string of the molecule is CCS(=O)(=O)NCc1ccc(C(=O)N(C)C(C)(C)C(=O)O)cc1. The first-order valence-corrected chi connectivity index (χ1v) is 8.74. The highest BCUT2D eigenvalue weighted by Crippen LogP contribution is 2.17. The van der Waals surface area contributed by atoms with E-state index in [-0.39, 0.29) is 12.3 Å². The van der Waals surface area contributed by atoms with Gasteiger partial charge in [0.25, 0.3) is 5.91 Å². The van der Waals surface area contributed by atoms with E-state index in [9.17, 15) is 18.0 Å². The van der Waals surface area contributed by atoms with Crippen LogP contribution in [-0.4, -0.2) is 48.6 Å². The number of rotatable bonds is 7. The van der Waals surface area contributed by atoms with Crippen LogP contribution < -0.4 is 4.72 Å². The Labute approximate surface area is 136 Å². The Balaban J connectivity index is 2.84. The van der Waals surface area contributed by atoms with E-state index in [1.54, 1.807) is 31.2 Å². The maximum atomic E-state index is 12.3. The molecule has 1 aromatic carbocycles. The number of hydrogen-bond donors (Lipinski definition) is 2. The molecule has 0 saturated heterocycles. The lowest BCUT2D eigenvalue weighted by molar-refractivity contribution is -0.147. The quantitative estimate of drug-likeness (QED) is 0.771. The zero-order chi connectivity index (χ0) is 17.8. The van der Waals surface area contributed by atoms with Crippen LogP contribution in [0.15, 0.2) is 24.3 Å². The monoisotopic (exact) mass is 342 g/mol. The molecule has 1 aromatic rings. The van der Waals surface area contributed by atoms with Gasteiger partial charge in [0, 0.05) is 19.2 Å². The van der Waals surface area contributed by atoms with Gasteiger partial charge in [0.15, 0.2) is 0 Å². The van der Waals surface area contributed by atoms with Gasteiger partial charge in [-0.2, -0.15) is 0 Å². The molecule has 0 aliphatic heterocycles. The Hall–Kier alpha value is -1.93. The third kappa shape index (κ3) is 4.77. The van der Waals surface area contributed by atoms with Crippen molar-refractivity contribution in [1.29, 1.82) is 0 Å². The van der Waals surface area contributed by atoms with Gasteiger partial charge in [0.05, 0.1) is 5.75 Å². The highest BCUT2D eigenvalue weighted by molar-refractivity contribution is 7.89. The van der Waals surface area contributed by atoms with Crippen LogP contribution in [0.5, 0.6) is 0 Å². The number of carboxylic acid groups (broad SMARTS) is 1. The van der Waals surface area contributed by atoms with Crippen LogP contribution in [-0.2, 0) is 21.4 Å². The van der Waals surface area contributed by atoms with Crippen LogP contribution >= 0.6 is 0 Å². The normalized spacial score (nSPS) is 12.0. The highest BCUT2D eigenvalue weighted by Gasteiger charge is 2.35. The molecule has 1 amide bonds. The average Bonchev–Trinajstić information content (AvgIpc) is 2.52. The van der Waals surface area contributed by atoms with Gasteiger partial charge in [-0.05, 0) is 38.5 Å². The molecule has 0 fully saturated rings. The Morgan fingerprint density at radius 1 is 1.22 bits per heavy atom. The van der Waals surface area contributed by atoms with Crippen LogP contribution in [0.3, 0.4) is 0 Å². The number of carbonyl (C=O) groups is 2.